The van der Waals surface area contributed by atoms with Crippen LogP contribution in [0.1, 0.15) is 6.42 Å². The number of thioether (sulfide) groups is 1. The molecule has 0 saturated carbocycles. The Morgan fingerprint density at radius 2 is 2.17 bits per heavy atom. The van der Waals surface area contributed by atoms with Gasteiger partial charge in [-0.1, -0.05) is 0 Å². The molecule has 1 rings (SSSR count). The van der Waals surface area contributed by atoms with Crippen LogP contribution in [0.5, 0.6) is 5.75 Å². The van der Waals surface area contributed by atoms with Crippen LogP contribution in [-0.4, -0.2) is 49.6 Å². The van der Waals surface area contributed by atoms with Crippen molar-refractivity contribution in [2.75, 3.05) is 19.1 Å². The van der Waals surface area contributed by atoms with Gasteiger partial charge >= 0.3 is 11.7 Å². The molecule has 1 atom stereocenters. The molecular formula is C12H16N2O7S2. The second kappa shape index (κ2) is 8.13. The molecule has 0 aliphatic rings. The van der Waals surface area contributed by atoms with E-state index in [1.807, 2.05) is 4.72 Å². The minimum absolute atomic E-state index is 0.0912. The summed E-state index contributed by atoms with van der Waals surface area (Å²) >= 11 is 1.38. The Kier molecular flexibility index (Phi) is 6.79. The molecule has 23 heavy (non-hydrogen) atoms. The molecule has 0 amide bonds. The van der Waals surface area contributed by atoms with Crippen molar-refractivity contribution in [2.24, 2.45) is 0 Å². The fourth-order valence-corrected chi connectivity index (χ4v) is 3.42. The normalized spacial score (nSPS) is 12.6. The number of ether oxygens (including phenoxy) is 1. The van der Waals surface area contributed by atoms with Crippen LogP contribution in [0.15, 0.2) is 23.1 Å². The average Bonchev–Trinajstić information content (AvgIpc) is 2.50. The van der Waals surface area contributed by atoms with Crippen LogP contribution in [0, 0.1) is 10.1 Å². The molecule has 0 fully saturated rings. The van der Waals surface area contributed by atoms with E-state index in [1.165, 1.54) is 18.9 Å². The third-order valence-electron chi connectivity index (χ3n) is 2.86. The maximum Gasteiger partial charge on any atom is 0.321 e. The van der Waals surface area contributed by atoms with Crippen LogP contribution < -0.4 is 9.46 Å². The predicted octanol–water partition coefficient (Wildman–Crippen LogP) is 1.09. The lowest BCUT2D eigenvalue weighted by atomic mass is 10.2. The fraction of sp³-hybridized carbons (Fsp3) is 0.417. The minimum atomic E-state index is -4.22. The highest BCUT2D eigenvalue weighted by Gasteiger charge is 2.27. The van der Waals surface area contributed by atoms with Gasteiger partial charge in [-0.2, -0.15) is 16.5 Å². The van der Waals surface area contributed by atoms with Crippen LogP contribution >= 0.6 is 11.8 Å². The van der Waals surface area contributed by atoms with Gasteiger partial charge in [-0.3, -0.25) is 14.9 Å². The lowest BCUT2D eigenvalue weighted by Gasteiger charge is -2.14. The molecule has 0 aliphatic carbocycles. The SMILES string of the molecule is COc1ccc(S(=O)(=O)NC(CCSC)C(=O)O)cc1[N+](=O)[O-]. The summed E-state index contributed by atoms with van der Waals surface area (Å²) in [6.07, 6.45) is 1.86. The van der Waals surface area contributed by atoms with E-state index >= 15 is 0 Å². The first-order valence-corrected chi connectivity index (χ1v) is 9.17. The van der Waals surface area contributed by atoms with Crippen molar-refractivity contribution in [3.8, 4) is 5.75 Å². The molecule has 0 spiro atoms. The lowest BCUT2D eigenvalue weighted by molar-refractivity contribution is -0.386. The number of carboxylic acid groups (broad SMARTS) is 1. The molecule has 0 bridgehead atoms. The van der Waals surface area contributed by atoms with E-state index in [1.54, 1.807) is 6.26 Å². The average molecular weight is 364 g/mol. The van der Waals surface area contributed by atoms with E-state index in [0.717, 1.165) is 18.2 Å². The fourth-order valence-electron chi connectivity index (χ4n) is 1.70. The number of benzene rings is 1. The Bertz CT molecular complexity index is 691. The predicted molar refractivity (Wildman–Crippen MR) is 84.4 cm³/mol. The number of aliphatic carboxylic acids is 1. The summed E-state index contributed by atoms with van der Waals surface area (Å²) in [4.78, 5) is 20.9. The van der Waals surface area contributed by atoms with Gasteiger partial charge in [0.1, 0.15) is 6.04 Å². The number of rotatable bonds is 9. The Morgan fingerprint density at radius 1 is 1.52 bits per heavy atom. The first kappa shape index (κ1) is 19.2. The topological polar surface area (TPSA) is 136 Å². The number of nitrogens with one attached hydrogen (secondary N) is 1. The van der Waals surface area contributed by atoms with E-state index in [2.05, 4.69) is 0 Å². The van der Waals surface area contributed by atoms with Crippen LogP contribution in [-0.2, 0) is 14.8 Å². The first-order valence-electron chi connectivity index (χ1n) is 6.29. The van der Waals surface area contributed by atoms with Gasteiger partial charge in [-0.05, 0) is 30.6 Å². The number of nitro benzene ring substituents is 1. The summed E-state index contributed by atoms with van der Waals surface area (Å²) < 4.78 is 31.3. The smallest absolute Gasteiger partial charge is 0.321 e. The quantitative estimate of drug-likeness (QED) is 0.491. The second-order valence-corrected chi connectivity index (χ2v) is 7.08. The van der Waals surface area contributed by atoms with Crippen LogP contribution in [0.25, 0.3) is 0 Å². The number of hydrogen-bond acceptors (Lipinski definition) is 7. The van der Waals surface area contributed by atoms with E-state index in [0.29, 0.717) is 5.75 Å². The summed E-state index contributed by atoms with van der Waals surface area (Å²) in [5.74, 6) is -0.959. The van der Waals surface area contributed by atoms with Crippen molar-refractivity contribution in [1.82, 2.24) is 4.72 Å². The molecule has 0 heterocycles. The maximum atomic E-state index is 12.2. The molecular weight excluding hydrogens is 348 g/mol. The lowest BCUT2D eigenvalue weighted by Crippen LogP contribution is -2.41. The highest BCUT2D eigenvalue weighted by Crippen LogP contribution is 2.29. The zero-order valence-corrected chi connectivity index (χ0v) is 14.0. The van der Waals surface area contributed by atoms with E-state index < -0.39 is 37.5 Å². The van der Waals surface area contributed by atoms with Crippen LogP contribution in [0.2, 0.25) is 0 Å². The zero-order chi connectivity index (χ0) is 17.6. The van der Waals surface area contributed by atoms with Crippen LogP contribution in [0.3, 0.4) is 0 Å². The highest BCUT2D eigenvalue weighted by molar-refractivity contribution is 7.98. The van der Waals surface area contributed by atoms with Gasteiger partial charge in [0.25, 0.3) is 0 Å². The highest BCUT2D eigenvalue weighted by atomic mass is 32.2. The van der Waals surface area contributed by atoms with Gasteiger partial charge in [-0.15, -0.1) is 0 Å². The Hall–Kier alpha value is -1.85. The first-order chi connectivity index (χ1) is 10.7. The third-order valence-corrected chi connectivity index (χ3v) is 4.98. The summed E-state index contributed by atoms with van der Waals surface area (Å²) in [5.41, 5.74) is -0.522. The van der Waals surface area contributed by atoms with Crippen molar-refractivity contribution >= 4 is 33.4 Å². The van der Waals surface area contributed by atoms with Crippen molar-refractivity contribution in [3.05, 3.63) is 28.3 Å². The minimum Gasteiger partial charge on any atom is -0.490 e. The molecule has 0 aliphatic heterocycles. The molecule has 0 aromatic heterocycles. The van der Waals surface area contributed by atoms with Crippen molar-refractivity contribution in [3.63, 3.8) is 0 Å². The largest absolute Gasteiger partial charge is 0.490 e. The van der Waals surface area contributed by atoms with Crippen molar-refractivity contribution in [1.29, 1.82) is 0 Å². The number of methoxy groups -OCH3 is 1. The Balaban J connectivity index is 3.14. The summed E-state index contributed by atoms with van der Waals surface area (Å²) in [6, 6.07) is 1.77. The molecule has 11 heteroatoms. The van der Waals surface area contributed by atoms with Gasteiger partial charge < -0.3 is 9.84 Å². The van der Waals surface area contributed by atoms with Gasteiger partial charge in [0, 0.05) is 6.07 Å². The van der Waals surface area contributed by atoms with E-state index in [-0.39, 0.29) is 12.2 Å². The number of nitrogens with zero attached hydrogens (tertiary/aromatic N) is 1. The Morgan fingerprint density at radius 3 is 2.65 bits per heavy atom. The van der Waals surface area contributed by atoms with E-state index in [4.69, 9.17) is 9.84 Å². The molecule has 0 saturated heterocycles. The van der Waals surface area contributed by atoms with Crippen LogP contribution in [0.4, 0.5) is 5.69 Å². The molecule has 1 aromatic carbocycles. The molecule has 9 nitrogen and oxygen atoms in total. The third kappa shape index (κ3) is 5.08. The zero-order valence-electron chi connectivity index (χ0n) is 12.4. The van der Waals surface area contributed by atoms with Crippen molar-refractivity contribution in [2.45, 2.75) is 17.4 Å². The summed E-state index contributed by atoms with van der Waals surface area (Å²) in [6.45, 7) is 0. The monoisotopic (exact) mass is 364 g/mol. The van der Waals surface area contributed by atoms with Gasteiger partial charge in [0.2, 0.25) is 10.0 Å². The molecule has 1 aromatic rings. The second-order valence-electron chi connectivity index (χ2n) is 4.38. The standard InChI is InChI=1S/C12H16N2O7S2/c1-21-11-4-3-8(7-10(11)14(17)18)23(19,20)13-9(12(15)16)5-6-22-2/h3-4,7,9,13H,5-6H2,1-2H3,(H,15,16). The number of carbonyl (C=O) groups is 1. The summed E-state index contributed by atoms with van der Waals surface area (Å²) in [5, 5.41) is 20.0. The van der Waals surface area contributed by atoms with Crippen molar-refractivity contribution < 1.29 is 28.0 Å². The summed E-state index contributed by atoms with van der Waals surface area (Å²) in [7, 11) is -3.00. The molecule has 2 N–H and O–H groups in total. The van der Waals surface area contributed by atoms with Gasteiger partial charge in [-0.25, -0.2) is 8.42 Å². The number of sulfonamides is 1. The number of carboxylic acids is 1. The van der Waals surface area contributed by atoms with Gasteiger partial charge in [0.15, 0.2) is 5.75 Å². The molecule has 1 unspecified atom stereocenters. The Labute approximate surface area is 137 Å². The van der Waals surface area contributed by atoms with E-state index in [9.17, 15) is 23.3 Å². The van der Waals surface area contributed by atoms with Gasteiger partial charge in [0.05, 0.1) is 16.9 Å². The number of nitro groups is 1. The molecule has 0 radical (unpaired) electrons. The maximum absolute atomic E-state index is 12.2. The number of hydrogen-bond donors (Lipinski definition) is 2. The molecule has 128 valence electrons.